The molecule has 20 heavy (non-hydrogen) atoms. The summed E-state index contributed by atoms with van der Waals surface area (Å²) in [5, 5.41) is 15.0. The van der Waals surface area contributed by atoms with Crippen LogP contribution in [0.25, 0.3) is 22.6 Å². The second kappa shape index (κ2) is 4.26. The van der Waals surface area contributed by atoms with Crippen molar-refractivity contribution in [3.05, 3.63) is 46.0 Å². The number of carbonyl (C=O) groups is 1. The number of fused-ring (bicyclic) bond motifs is 1. The van der Waals surface area contributed by atoms with E-state index in [1.54, 1.807) is 0 Å². The zero-order valence-corrected chi connectivity index (χ0v) is 9.85. The van der Waals surface area contributed by atoms with Crippen LogP contribution in [0, 0.1) is 5.82 Å². The average Bonchev–Trinajstić information content (AvgIpc) is 2.81. The summed E-state index contributed by atoms with van der Waals surface area (Å²) in [6, 6.07) is 4.72. The standard InChI is InChI=1S/C12H7FN4O3/c13-5-3-6(12(19)20)10-8(4-5)14-11(15-10)7-1-2-9(18)17-16-7/h1-4H,(H,14,15)(H,17,18)(H,19,20). The van der Waals surface area contributed by atoms with E-state index in [2.05, 4.69) is 20.2 Å². The predicted octanol–water partition coefficient (Wildman–Crippen LogP) is 1.15. The number of aromatic amines is 2. The van der Waals surface area contributed by atoms with E-state index in [1.807, 2.05) is 0 Å². The summed E-state index contributed by atoms with van der Waals surface area (Å²) in [5.41, 5.74) is 0.0684. The molecule has 0 atom stereocenters. The summed E-state index contributed by atoms with van der Waals surface area (Å²) < 4.78 is 13.3. The fourth-order valence-electron chi connectivity index (χ4n) is 1.84. The highest BCUT2D eigenvalue weighted by molar-refractivity contribution is 6.01. The van der Waals surface area contributed by atoms with Gasteiger partial charge in [0.1, 0.15) is 17.0 Å². The molecule has 0 aliphatic carbocycles. The van der Waals surface area contributed by atoms with Crippen LogP contribution in [-0.4, -0.2) is 31.2 Å². The van der Waals surface area contributed by atoms with Crippen molar-refractivity contribution in [2.45, 2.75) is 0 Å². The van der Waals surface area contributed by atoms with Gasteiger partial charge < -0.3 is 10.1 Å². The van der Waals surface area contributed by atoms with E-state index in [0.717, 1.165) is 12.1 Å². The highest BCUT2D eigenvalue weighted by Gasteiger charge is 2.16. The molecular weight excluding hydrogens is 267 g/mol. The Morgan fingerprint density at radius 3 is 2.75 bits per heavy atom. The molecule has 8 heteroatoms. The lowest BCUT2D eigenvalue weighted by Gasteiger charge is -1.95. The molecular formula is C12H7FN4O3. The monoisotopic (exact) mass is 274 g/mol. The summed E-state index contributed by atoms with van der Waals surface area (Å²) in [6.45, 7) is 0. The number of nitrogens with zero attached hydrogens (tertiary/aromatic N) is 2. The lowest BCUT2D eigenvalue weighted by atomic mass is 10.2. The maximum Gasteiger partial charge on any atom is 0.338 e. The molecule has 2 heterocycles. The van der Waals surface area contributed by atoms with Crippen LogP contribution in [0.15, 0.2) is 29.1 Å². The largest absolute Gasteiger partial charge is 0.478 e. The molecule has 3 aromatic rings. The highest BCUT2D eigenvalue weighted by Crippen LogP contribution is 2.22. The molecule has 0 fully saturated rings. The van der Waals surface area contributed by atoms with E-state index in [9.17, 15) is 14.0 Å². The minimum atomic E-state index is -1.28. The van der Waals surface area contributed by atoms with Gasteiger partial charge in [-0.2, -0.15) is 5.10 Å². The lowest BCUT2D eigenvalue weighted by molar-refractivity contribution is 0.0698. The number of aromatic carboxylic acids is 1. The molecule has 0 amide bonds. The maximum atomic E-state index is 13.3. The molecule has 0 aliphatic heterocycles. The first-order chi connectivity index (χ1) is 9.54. The number of H-pyrrole nitrogens is 2. The van der Waals surface area contributed by atoms with Crippen LogP contribution in [0.4, 0.5) is 4.39 Å². The van der Waals surface area contributed by atoms with Crippen molar-refractivity contribution >= 4 is 17.0 Å². The number of carboxylic acids is 1. The molecule has 0 saturated carbocycles. The Morgan fingerprint density at radius 2 is 2.10 bits per heavy atom. The van der Waals surface area contributed by atoms with E-state index in [-0.39, 0.29) is 28.0 Å². The fourth-order valence-corrected chi connectivity index (χ4v) is 1.84. The van der Waals surface area contributed by atoms with E-state index in [1.165, 1.54) is 12.1 Å². The summed E-state index contributed by atoms with van der Waals surface area (Å²) in [7, 11) is 0. The Bertz CT molecular complexity index is 864. The summed E-state index contributed by atoms with van der Waals surface area (Å²) in [4.78, 5) is 28.9. The Kier molecular flexibility index (Phi) is 2.56. The number of imidazole rings is 1. The summed E-state index contributed by atoms with van der Waals surface area (Å²) in [5.74, 6) is -1.72. The number of halogens is 1. The normalized spacial score (nSPS) is 10.8. The van der Waals surface area contributed by atoms with Gasteiger partial charge in [0.25, 0.3) is 5.56 Å². The first kappa shape index (κ1) is 12.0. The van der Waals surface area contributed by atoms with Crippen molar-refractivity contribution in [1.29, 1.82) is 0 Å². The van der Waals surface area contributed by atoms with Gasteiger partial charge in [0.05, 0.1) is 11.1 Å². The van der Waals surface area contributed by atoms with Crippen LogP contribution in [0.2, 0.25) is 0 Å². The third kappa shape index (κ3) is 1.92. The number of benzene rings is 1. The number of nitrogens with one attached hydrogen (secondary N) is 2. The number of rotatable bonds is 2. The zero-order chi connectivity index (χ0) is 14.3. The Morgan fingerprint density at radius 1 is 1.30 bits per heavy atom. The molecule has 0 radical (unpaired) electrons. The van der Waals surface area contributed by atoms with E-state index < -0.39 is 11.8 Å². The molecule has 1 aromatic carbocycles. The van der Waals surface area contributed by atoms with Gasteiger partial charge in [-0.1, -0.05) is 0 Å². The Labute approximate surface area is 110 Å². The van der Waals surface area contributed by atoms with Gasteiger partial charge in [-0.15, -0.1) is 0 Å². The van der Waals surface area contributed by atoms with Crippen molar-refractivity contribution < 1.29 is 14.3 Å². The molecule has 2 aromatic heterocycles. The van der Waals surface area contributed by atoms with Crippen molar-refractivity contribution in [2.24, 2.45) is 0 Å². The summed E-state index contributed by atoms with van der Waals surface area (Å²) >= 11 is 0. The van der Waals surface area contributed by atoms with Gasteiger partial charge in [0.2, 0.25) is 0 Å². The first-order valence-corrected chi connectivity index (χ1v) is 5.53. The third-order valence-corrected chi connectivity index (χ3v) is 2.70. The van der Waals surface area contributed by atoms with Crippen LogP contribution in [0.3, 0.4) is 0 Å². The van der Waals surface area contributed by atoms with Crippen molar-refractivity contribution in [2.75, 3.05) is 0 Å². The average molecular weight is 274 g/mol. The molecule has 0 saturated heterocycles. The van der Waals surface area contributed by atoms with Gasteiger partial charge in [-0.05, 0) is 18.2 Å². The molecule has 0 bridgehead atoms. The summed E-state index contributed by atoms with van der Waals surface area (Å²) in [6.07, 6.45) is 0. The number of hydrogen-bond donors (Lipinski definition) is 3. The van der Waals surface area contributed by atoms with Gasteiger partial charge in [-0.25, -0.2) is 19.3 Å². The van der Waals surface area contributed by atoms with Gasteiger partial charge >= 0.3 is 5.97 Å². The third-order valence-electron chi connectivity index (χ3n) is 2.70. The van der Waals surface area contributed by atoms with E-state index in [0.29, 0.717) is 5.69 Å². The molecule has 0 unspecified atom stereocenters. The second-order valence-electron chi connectivity index (χ2n) is 4.05. The van der Waals surface area contributed by atoms with Crippen LogP contribution in [0.1, 0.15) is 10.4 Å². The minimum absolute atomic E-state index is 0.127. The number of aromatic nitrogens is 4. The maximum absolute atomic E-state index is 13.3. The quantitative estimate of drug-likeness (QED) is 0.649. The van der Waals surface area contributed by atoms with Crippen LogP contribution in [0.5, 0.6) is 0 Å². The topological polar surface area (TPSA) is 112 Å². The van der Waals surface area contributed by atoms with E-state index >= 15 is 0 Å². The Balaban J connectivity index is 2.24. The molecule has 7 nitrogen and oxygen atoms in total. The number of hydrogen-bond acceptors (Lipinski definition) is 4. The predicted molar refractivity (Wildman–Crippen MR) is 66.9 cm³/mol. The van der Waals surface area contributed by atoms with E-state index in [4.69, 9.17) is 5.11 Å². The van der Waals surface area contributed by atoms with Crippen molar-refractivity contribution in [1.82, 2.24) is 20.2 Å². The van der Waals surface area contributed by atoms with Gasteiger partial charge in [0.15, 0.2) is 5.82 Å². The van der Waals surface area contributed by atoms with Crippen LogP contribution in [-0.2, 0) is 0 Å². The van der Waals surface area contributed by atoms with Crippen LogP contribution >= 0.6 is 0 Å². The molecule has 0 aliphatic rings. The van der Waals surface area contributed by atoms with Crippen molar-refractivity contribution in [3.63, 3.8) is 0 Å². The molecule has 3 N–H and O–H groups in total. The highest BCUT2D eigenvalue weighted by atomic mass is 19.1. The van der Waals surface area contributed by atoms with Gasteiger partial charge in [-0.3, -0.25) is 4.79 Å². The fraction of sp³-hybridized carbons (Fsp3) is 0. The zero-order valence-electron chi connectivity index (χ0n) is 9.85. The minimum Gasteiger partial charge on any atom is -0.478 e. The molecule has 100 valence electrons. The Hall–Kier alpha value is -3.03. The lowest BCUT2D eigenvalue weighted by Crippen LogP contribution is -2.05. The second-order valence-corrected chi connectivity index (χ2v) is 4.05. The first-order valence-electron chi connectivity index (χ1n) is 5.53. The SMILES string of the molecule is O=C(O)c1cc(F)cc2[nH]c(-c3ccc(=O)[nH]n3)nc12. The smallest absolute Gasteiger partial charge is 0.338 e. The molecule has 3 rings (SSSR count). The van der Waals surface area contributed by atoms with Crippen LogP contribution < -0.4 is 5.56 Å². The number of carboxylic acid groups (broad SMARTS) is 1. The van der Waals surface area contributed by atoms with Crippen molar-refractivity contribution in [3.8, 4) is 11.5 Å². The van der Waals surface area contributed by atoms with Gasteiger partial charge in [0, 0.05) is 6.07 Å². The molecule has 0 spiro atoms.